The van der Waals surface area contributed by atoms with Gasteiger partial charge in [-0.25, -0.2) is 0 Å². The van der Waals surface area contributed by atoms with Crippen LogP contribution in [0.15, 0.2) is 0 Å². The SMILES string of the molecule is C[C@]12CC[C@@H]3[C@H](CC[C@]4(C)C(=O)CC[C@@H]34)[C@@H]1CCC(=O)C2. The van der Waals surface area contributed by atoms with Crippen molar-refractivity contribution in [2.45, 2.75) is 71.6 Å². The molecule has 0 N–H and O–H groups in total. The van der Waals surface area contributed by atoms with Crippen LogP contribution < -0.4 is 0 Å². The molecule has 2 heteroatoms. The molecule has 0 bridgehead atoms. The molecule has 0 aromatic rings. The third kappa shape index (κ3) is 1.83. The van der Waals surface area contributed by atoms with Crippen LogP contribution in [0.4, 0.5) is 0 Å². The van der Waals surface area contributed by atoms with Gasteiger partial charge in [-0.1, -0.05) is 13.8 Å². The van der Waals surface area contributed by atoms with Crippen molar-refractivity contribution in [3.63, 3.8) is 0 Å². The molecule has 0 aromatic carbocycles. The Hall–Kier alpha value is -0.660. The van der Waals surface area contributed by atoms with E-state index in [4.69, 9.17) is 0 Å². The van der Waals surface area contributed by atoms with Crippen molar-refractivity contribution in [3.8, 4) is 0 Å². The zero-order chi connectivity index (χ0) is 14.8. The first kappa shape index (κ1) is 14.0. The summed E-state index contributed by atoms with van der Waals surface area (Å²) in [5.74, 6) is 3.98. The Morgan fingerprint density at radius 1 is 0.857 bits per heavy atom. The van der Waals surface area contributed by atoms with Crippen molar-refractivity contribution >= 4 is 11.6 Å². The van der Waals surface area contributed by atoms with Crippen molar-refractivity contribution in [2.75, 3.05) is 0 Å². The number of ketones is 2. The number of carbonyl (C=O) groups is 2. The van der Waals surface area contributed by atoms with Gasteiger partial charge < -0.3 is 0 Å². The molecule has 0 radical (unpaired) electrons. The zero-order valence-corrected chi connectivity index (χ0v) is 13.5. The first-order valence-electron chi connectivity index (χ1n) is 8.99. The standard InChI is InChI=1S/C19H28O2/c1-18-9-7-14-13(15(18)4-3-12(20)11-18)8-10-19(2)16(14)5-6-17(19)21/h13-16H,3-11H2,1-2H3/t13-,14+,15-,16-,18+,19-/m0/s1. The van der Waals surface area contributed by atoms with E-state index in [-0.39, 0.29) is 10.8 Å². The van der Waals surface area contributed by atoms with Gasteiger partial charge in [0, 0.05) is 24.7 Å². The minimum Gasteiger partial charge on any atom is -0.300 e. The summed E-state index contributed by atoms with van der Waals surface area (Å²) in [7, 11) is 0. The second-order valence-corrected chi connectivity index (χ2v) is 8.91. The normalized spacial score (nSPS) is 53.0. The maximum absolute atomic E-state index is 12.3. The molecule has 4 aliphatic rings. The summed E-state index contributed by atoms with van der Waals surface area (Å²) in [4.78, 5) is 24.3. The minimum absolute atomic E-state index is 0.000601. The maximum atomic E-state index is 12.3. The maximum Gasteiger partial charge on any atom is 0.139 e. The number of rotatable bonds is 0. The molecule has 4 rings (SSSR count). The van der Waals surface area contributed by atoms with Crippen LogP contribution in [0, 0.1) is 34.5 Å². The van der Waals surface area contributed by atoms with Crippen LogP contribution in [0.2, 0.25) is 0 Å². The lowest BCUT2D eigenvalue weighted by Gasteiger charge is -2.57. The Kier molecular flexibility index (Phi) is 2.94. The predicted molar refractivity (Wildman–Crippen MR) is 81.7 cm³/mol. The Labute approximate surface area is 128 Å². The molecule has 0 heterocycles. The fraction of sp³-hybridized carbons (Fsp3) is 0.895. The quantitative estimate of drug-likeness (QED) is 0.670. The molecule has 4 saturated carbocycles. The van der Waals surface area contributed by atoms with Crippen molar-refractivity contribution in [1.82, 2.24) is 0 Å². The van der Waals surface area contributed by atoms with Gasteiger partial charge in [-0.3, -0.25) is 9.59 Å². The highest BCUT2D eigenvalue weighted by molar-refractivity contribution is 5.87. The van der Waals surface area contributed by atoms with Crippen molar-refractivity contribution in [1.29, 1.82) is 0 Å². The van der Waals surface area contributed by atoms with E-state index >= 15 is 0 Å². The average molecular weight is 288 g/mol. The van der Waals surface area contributed by atoms with Gasteiger partial charge in [0.25, 0.3) is 0 Å². The van der Waals surface area contributed by atoms with E-state index in [1.165, 1.54) is 19.3 Å². The smallest absolute Gasteiger partial charge is 0.139 e. The lowest BCUT2D eigenvalue weighted by molar-refractivity contribution is -0.140. The molecule has 0 unspecified atom stereocenters. The molecule has 2 nitrogen and oxygen atoms in total. The molecule has 116 valence electrons. The van der Waals surface area contributed by atoms with Gasteiger partial charge in [-0.2, -0.15) is 0 Å². The highest BCUT2D eigenvalue weighted by atomic mass is 16.1. The van der Waals surface area contributed by atoms with Gasteiger partial charge in [0.2, 0.25) is 0 Å². The second-order valence-electron chi connectivity index (χ2n) is 8.91. The lowest BCUT2D eigenvalue weighted by atomic mass is 9.47. The molecule has 0 amide bonds. The monoisotopic (exact) mass is 288 g/mol. The summed E-state index contributed by atoms with van der Waals surface area (Å²) in [6.07, 6.45) is 9.53. The van der Waals surface area contributed by atoms with Gasteiger partial charge in [0.05, 0.1) is 0 Å². The summed E-state index contributed by atoms with van der Waals surface area (Å²) in [6, 6.07) is 0. The molecular weight excluding hydrogens is 260 g/mol. The predicted octanol–water partition coefficient (Wildman–Crippen LogP) is 4.17. The largest absolute Gasteiger partial charge is 0.300 e. The van der Waals surface area contributed by atoms with Crippen molar-refractivity contribution in [3.05, 3.63) is 0 Å². The van der Waals surface area contributed by atoms with Gasteiger partial charge in [0.1, 0.15) is 11.6 Å². The Morgan fingerprint density at radius 2 is 1.52 bits per heavy atom. The van der Waals surface area contributed by atoms with E-state index in [0.717, 1.165) is 56.3 Å². The summed E-state index contributed by atoms with van der Waals surface area (Å²) in [5.41, 5.74) is 0.270. The second kappa shape index (κ2) is 4.43. The minimum atomic E-state index is -0.000601. The van der Waals surface area contributed by atoms with Crippen LogP contribution in [-0.2, 0) is 9.59 Å². The summed E-state index contributed by atoms with van der Waals surface area (Å²) < 4.78 is 0. The zero-order valence-electron chi connectivity index (χ0n) is 13.5. The molecule has 0 saturated heterocycles. The Morgan fingerprint density at radius 3 is 2.33 bits per heavy atom. The van der Waals surface area contributed by atoms with Crippen molar-refractivity contribution < 1.29 is 9.59 Å². The summed E-state index contributed by atoms with van der Waals surface area (Å²) in [5, 5.41) is 0. The van der Waals surface area contributed by atoms with E-state index in [0.29, 0.717) is 17.5 Å². The first-order valence-corrected chi connectivity index (χ1v) is 8.99. The van der Waals surface area contributed by atoms with Crippen molar-refractivity contribution in [2.24, 2.45) is 34.5 Å². The number of carbonyl (C=O) groups excluding carboxylic acids is 2. The number of hydrogen-bond donors (Lipinski definition) is 0. The molecule has 4 aliphatic carbocycles. The highest BCUT2D eigenvalue weighted by Gasteiger charge is 2.59. The van der Waals surface area contributed by atoms with E-state index < -0.39 is 0 Å². The van der Waals surface area contributed by atoms with E-state index in [2.05, 4.69) is 13.8 Å². The van der Waals surface area contributed by atoms with E-state index in [9.17, 15) is 9.59 Å². The average Bonchev–Trinajstić information content (AvgIpc) is 2.73. The highest BCUT2D eigenvalue weighted by Crippen LogP contribution is 2.63. The topological polar surface area (TPSA) is 34.1 Å². The number of hydrogen-bond acceptors (Lipinski definition) is 2. The van der Waals surface area contributed by atoms with E-state index in [1.54, 1.807) is 0 Å². The summed E-state index contributed by atoms with van der Waals surface area (Å²) in [6.45, 7) is 4.62. The molecule has 0 aliphatic heterocycles. The van der Waals surface area contributed by atoms with Gasteiger partial charge >= 0.3 is 0 Å². The van der Waals surface area contributed by atoms with Crippen LogP contribution >= 0.6 is 0 Å². The molecule has 4 fully saturated rings. The fourth-order valence-corrected chi connectivity index (χ4v) is 6.84. The van der Waals surface area contributed by atoms with Crippen LogP contribution in [0.1, 0.15) is 71.6 Å². The Bertz CT molecular complexity index is 496. The Balaban J connectivity index is 1.63. The van der Waals surface area contributed by atoms with Gasteiger partial charge in [-0.15, -0.1) is 0 Å². The van der Waals surface area contributed by atoms with Gasteiger partial charge in [0.15, 0.2) is 0 Å². The summed E-state index contributed by atoms with van der Waals surface area (Å²) >= 11 is 0. The number of fused-ring (bicyclic) bond motifs is 5. The van der Waals surface area contributed by atoms with Gasteiger partial charge in [-0.05, 0) is 67.6 Å². The first-order chi connectivity index (χ1) is 9.94. The molecule has 21 heavy (non-hydrogen) atoms. The lowest BCUT2D eigenvalue weighted by Crippen LogP contribution is -2.52. The van der Waals surface area contributed by atoms with E-state index in [1.807, 2.05) is 0 Å². The molecule has 0 aromatic heterocycles. The van der Waals surface area contributed by atoms with Crippen LogP contribution in [0.3, 0.4) is 0 Å². The fourth-order valence-electron chi connectivity index (χ4n) is 6.84. The van der Waals surface area contributed by atoms with Crippen LogP contribution in [0.5, 0.6) is 0 Å². The molecule has 0 spiro atoms. The third-order valence-electron chi connectivity index (χ3n) is 8.00. The third-order valence-corrected chi connectivity index (χ3v) is 8.00. The molecular formula is C19H28O2. The van der Waals surface area contributed by atoms with Crippen LogP contribution in [-0.4, -0.2) is 11.6 Å². The van der Waals surface area contributed by atoms with Crippen LogP contribution in [0.25, 0.3) is 0 Å². The number of Topliss-reactive ketones (excluding diaryl/α,β-unsaturated/α-hetero) is 2. The molecule has 6 atom stereocenters.